The summed E-state index contributed by atoms with van der Waals surface area (Å²) < 4.78 is 10.7. The Balaban J connectivity index is 1.72. The summed E-state index contributed by atoms with van der Waals surface area (Å²) in [4.78, 5) is 10.7. The van der Waals surface area contributed by atoms with E-state index in [4.69, 9.17) is 9.47 Å². The zero-order chi connectivity index (χ0) is 9.05. The van der Waals surface area contributed by atoms with Gasteiger partial charge < -0.3 is 9.47 Å². The Morgan fingerprint density at radius 3 is 3.15 bits per heavy atom. The fourth-order valence-corrected chi connectivity index (χ4v) is 2.63. The molecule has 0 amide bonds. The van der Waals surface area contributed by atoms with Gasteiger partial charge in [0.25, 0.3) is 0 Å². The van der Waals surface area contributed by atoms with E-state index in [1.54, 1.807) is 0 Å². The summed E-state index contributed by atoms with van der Waals surface area (Å²) >= 11 is 0. The highest BCUT2D eigenvalue weighted by molar-refractivity contribution is 5.66. The molecule has 0 spiro atoms. The molecule has 2 aliphatic heterocycles. The van der Waals surface area contributed by atoms with Crippen LogP contribution in [-0.4, -0.2) is 24.8 Å². The van der Waals surface area contributed by atoms with Gasteiger partial charge in [-0.25, -0.2) is 0 Å². The lowest BCUT2D eigenvalue weighted by Gasteiger charge is -2.17. The van der Waals surface area contributed by atoms with Crippen molar-refractivity contribution in [3.63, 3.8) is 0 Å². The van der Waals surface area contributed by atoms with Gasteiger partial charge in [0, 0.05) is 18.3 Å². The smallest absolute Gasteiger partial charge is 0.302 e. The van der Waals surface area contributed by atoms with Crippen molar-refractivity contribution in [1.82, 2.24) is 0 Å². The molecule has 4 atom stereocenters. The lowest BCUT2D eigenvalue weighted by molar-refractivity contribution is -0.143. The van der Waals surface area contributed by atoms with Crippen LogP contribution < -0.4 is 0 Å². The number of fused-ring (bicyclic) bond motifs is 5. The van der Waals surface area contributed by atoms with Gasteiger partial charge in [0.2, 0.25) is 0 Å². The van der Waals surface area contributed by atoms with Crippen molar-refractivity contribution in [2.24, 2.45) is 11.3 Å². The molecule has 0 N–H and O–H groups in total. The largest absolute Gasteiger partial charge is 0.465 e. The van der Waals surface area contributed by atoms with E-state index in [-0.39, 0.29) is 17.5 Å². The molecule has 3 aliphatic rings. The topological polar surface area (TPSA) is 35.5 Å². The van der Waals surface area contributed by atoms with Crippen LogP contribution in [0.2, 0.25) is 0 Å². The predicted octanol–water partition coefficient (Wildman–Crippen LogP) is 0.893. The minimum Gasteiger partial charge on any atom is -0.465 e. The van der Waals surface area contributed by atoms with E-state index in [1.165, 1.54) is 6.92 Å². The molecule has 0 radical (unpaired) electrons. The molecular weight excluding hydrogens is 168 g/mol. The van der Waals surface area contributed by atoms with Crippen molar-refractivity contribution >= 4 is 5.97 Å². The number of rotatable bonds is 2. The van der Waals surface area contributed by atoms with Crippen molar-refractivity contribution in [1.29, 1.82) is 0 Å². The van der Waals surface area contributed by atoms with Gasteiger partial charge in [-0.05, 0) is 6.42 Å². The highest BCUT2D eigenvalue weighted by Crippen LogP contribution is 2.66. The van der Waals surface area contributed by atoms with Gasteiger partial charge in [0.05, 0.1) is 12.2 Å². The van der Waals surface area contributed by atoms with E-state index in [0.29, 0.717) is 18.6 Å². The Bertz CT molecular complexity index is 297. The Hall–Kier alpha value is -0.830. The molecular formula is C10H12O3. The summed E-state index contributed by atoms with van der Waals surface area (Å²) in [5, 5.41) is 0. The van der Waals surface area contributed by atoms with Crippen molar-refractivity contribution in [3.05, 3.63) is 12.2 Å². The quantitative estimate of drug-likeness (QED) is 0.467. The van der Waals surface area contributed by atoms with Crippen LogP contribution in [-0.2, 0) is 14.3 Å². The van der Waals surface area contributed by atoms with Crippen LogP contribution in [0.1, 0.15) is 13.3 Å². The maximum Gasteiger partial charge on any atom is 0.302 e. The van der Waals surface area contributed by atoms with E-state index in [2.05, 4.69) is 12.2 Å². The third-order valence-electron chi connectivity index (χ3n) is 3.46. The normalized spacial score (nSPS) is 49.2. The van der Waals surface area contributed by atoms with Gasteiger partial charge in [0.1, 0.15) is 6.61 Å². The second-order valence-electron chi connectivity index (χ2n) is 4.23. The lowest BCUT2D eigenvalue weighted by Crippen LogP contribution is -2.24. The number of esters is 1. The molecule has 3 rings (SSSR count). The number of carbonyl (C=O) groups excluding carboxylic acids is 1. The molecule has 2 heterocycles. The van der Waals surface area contributed by atoms with E-state index in [1.807, 2.05) is 0 Å². The fraction of sp³-hybridized carbons (Fsp3) is 0.700. The number of hydrogen-bond acceptors (Lipinski definition) is 3. The average molecular weight is 180 g/mol. The number of carbonyl (C=O) groups is 1. The molecule has 13 heavy (non-hydrogen) atoms. The van der Waals surface area contributed by atoms with E-state index >= 15 is 0 Å². The summed E-state index contributed by atoms with van der Waals surface area (Å²) in [5.41, 5.74) is 0.158. The summed E-state index contributed by atoms with van der Waals surface area (Å²) in [7, 11) is 0. The van der Waals surface area contributed by atoms with Crippen LogP contribution in [0.15, 0.2) is 12.2 Å². The molecule has 1 saturated carbocycles. The maximum atomic E-state index is 10.7. The molecule has 0 aromatic heterocycles. The molecule has 3 heteroatoms. The van der Waals surface area contributed by atoms with Crippen LogP contribution in [0.3, 0.4) is 0 Å². The van der Waals surface area contributed by atoms with Crippen molar-refractivity contribution in [2.45, 2.75) is 25.6 Å². The first kappa shape index (κ1) is 7.56. The second kappa shape index (κ2) is 2.15. The average Bonchev–Trinajstić information content (AvgIpc) is 2.56. The van der Waals surface area contributed by atoms with Crippen LogP contribution in [0.4, 0.5) is 0 Å². The van der Waals surface area contributed by atoms with Crippen LogP contribution >= 0.6 is 0 Å². The highest BCUT2D eigenvalue weighted by Gasteiger charge is 2.69. The standard InChI is InChI=1S/C10H12O3/c1-6(11)12-5-10-4-7(10)8-2-3-9(10)13-8/h2-3,7-9H,4-5H2,1H3/t7?,8-,9+,10-/m1/s1. The van der Waals surface area contributed by atoms with Gasteiger partial charge in [-0.15, -0.1) is 0 Å². The minimum atomic E-state index is -0.188. The minimum absolute atomic E-state index is 0.158. The van der Waals surface area contributed by atoms with Gasteiger partial charge in [-0.1, -0.05) is 12.2 Å². The van der Waals surface area contributed by atoms with Gasteiger partial charge >= 0.3 is 5.97 Å². The lowest BCUT2D eigenvalue weighted by atomic mass is 9.94. The number of ether oxygens (including phenoxy) is 2. The molecule has 0 aromatic rings. The highest BCUT2D eigenvalue weighted by atomic mass is 16.5. The third kappa shape index (κ3) is 0.854. The molecule has 3 nitrogen and oxygen atoms in total. The molecule has 0 aromatic carbocycles. The summed E-state index contributed by atoms with van der Waals surface area (Å²) in [6, 6.07) is 0. The van der Waals surface area contributed by atoms with E-state index in [9.17, 15) is 4.79 Å². The predicted molar refractivity (Wildman–Crippen MR) is 45.0 cm³/mol. The SMILES string of the molecule is CC(=O)OC[C@]12CC1[C@H]1C=C[C@@H]2O1. The maximum absolute atomic E-state index is 10.7. The summed E-state index contributed by atoms with van der Waals surface area (Å²) in [6.07, 6.45) is 5.91. The first-order valence-corrected chi connectivity index (χ1v) is 4.69. The van der Waals surface area contributed by atoms with Gasteiger partial charge in [-0.3, -0.25) is 4.79 Å². The fourth-order valence-electron chi connectivity index (χ4n) is 2.63. The van der Waals surface area contributed by atoms with Crippen LogP contribution in [0, 0.1) is 11.3 Å². The Morgan fingerprint density at radius 2 is 2.54 bits per heavy atom. The molecule has 2 fully saturated rings. The first-order valence-electron chi connectivity index (χ1n) is 4.69. The van der Waals surface area contributed by atoms with Gasteiger partial charge in [0.15, 0.2) is 0 Å². The Kier molecular flexibility index (Phi) is 1.25. The Morgan fingerprint density at radius 1 is 1.69 bits per heavy atom. The molecule has 1 saturated heterocycles. The second-order valence-corrected chi connectivity index (χ2v) is 4.23. The van der Waals surface area contributed by atoms with Gasteiger partial charge in [-0.2, -0.15) is 0 Å². The Labute approximate surface area is 76.7 Å². The third-order valence-corrected chi connectivity index (χ3v) is 3.46. The summed E-state index contributed by atoms with van der Waals surface area (Å²) in [6.45, 7) is 2.00. The van der Waals surface area contributed by atoms with E-state index in [0.717, 1.165) is 6.42 Å². The first-order chi connectivity index (χ1) is 6.22. The molecule has 2 bridgehead atoms. The number of hydrogen-bond donors (Lipinski definition) is 0. The monoisotopic (exact) mass is 180 g/mol. The van der Waals surface area contributed by atoms with Crippen molar-refractivity contribution in [2.75, 3.05) is 6.61 Å². The molecule has 1 unspecified atom stereocenters. The van der Waals surface area contributed by atoms with Crippen molar-refractivity contribution < 1.29 is 14.3 Å². The van der Waals surface area contributed by atoms with Crippen molar-refractivity contribution in [3.8, 4) is 0 Å². The summed E-state index contributed by atoms with van der Waals surface area (Å²) in [5.74, 6) is 0.425. The molecule has 1 aliphatic carbocycles. The molecule has 70 valence electrons. The van der Waals surface area contributed by atoms with Crippen LogP contribution in [0.5, 0.6) is 0 Å². The zero-order valence-corrected chi connectivity index (χ0v) is 7.53. The van der Waals surface area contributed by atoms with Crippen LogP contribution in [0.25, 0.3) is 0 Å². The van der Waals surface area contributed by atoms with E-state index < -0.39 is 0 Å². The zero-order valence-electron chi connectivity index (χ0n) is 7.53.